The van der Waals surface area contributed by atoms with Crippen molar-refractivity contribution >= 4 is 25.8 Å². The SMILES string of the molecule is CCC(=O)N1CCN(S(=O)(=O)c2ccc(S(C)(=O)=O)cc2)CC1. The quantitative estimate of drug-likeness (QED) is 0.772. The van der Waals surface area contributed by atoms with Crippen molar-refractivity contribution in [2.45, 2.75) is 23.1 Å². The lowest BCUT2D eigenvalue weighted by molar-refractivity contribution is -0.132. The summed E-state index contributed by atoms with van der Waals surface area (Å²) in [5.74, 6) is 0.0135. The number of piperazine rings is 1. The minimum absolute atomic E-state index is 0.0135. The molecule has 0 N–H and O–H groups in total. The van der Waals surface area contributed by atoms with Crippen molar-refractivity contribution in [3.63, 3.8) is 0 Å². The molecule has 0 aliphatic carbocycles. The molecule has 23 heavy (non-hydrogen) atoms. The Labute approximate surface area is 136 Å². The summed E-state index contributed by atoms with van der Waals surface area (Å²) in [6.45, 7) is 2.99. The van der Waals surface area contributed by atoms with Gasteiger partial charge in [0.1, 0.15) is 0 Å². The number of benzene rings is 1. The van der Waals surface area contributed by atoms with Gasteiger partial charge >= 0.3 is 0 Å². The molecule has 1 aromatic carbocycles. The van der Waals surface area contributed by atoms with Gasteiger partial charge in [0.05, 0.1) is 9.79 Å². The zero-order valence-electron chi connectivity index (χ0n) is 13.1. The van der Waals surface area contributed by atoms with Crippen LogP contribution in [0.5, 0.6) is 0 Å². The van der Waals surface area contributed by atoms with E-state index in [1.807, 2.05) is 0 Å². The molecular weight excluding hydrogens is 340 g/mol. The summed E-state index contributed by atoms with van der Waals surface area (Å²) in [6, 6.07) is 5.18. The van der Waals surface area contributed by atoms with Crippen molar-refractivity contribution in [2.24, 2.45) is 0 Å². The van der Waals surface area contributed by atoms with E-state index in [-0.39, 0.29) is 28.8 Å². The van der Waals surface area contributed by atoms with Gasteiger partial charge < -0.3 is 4.90 Å². The molecule has 0 radical (unpaired) electrons. The molecular formula is C14H20N2O5S2. The molecule has 1 heterocycles. The molecule has 1 aliphatic rings. The van der Waals surface area contributed by atoms with Crippen LogP contribution >= 0.6 is 0 Å². The molecule has 2 rings (SSSR count). The van der Waals surface area contributed by atoms with Crippen LogP contribution in [0.15, 0.2) is 34.1 Å². The fraction of sp³-hybridized carbons (Fsp3) is 0.500. The first-order valence-corrected chi connectivity index (χ1v) is 10.6. The lowest BCUT2D eigenvalue weighted by Gasteiger charge is -2.33. The molecule has 0 saturated carbocycles. The van der Waals surface area contributed by atoms with Gasteiger partial charge in [-0.05, 0) is 24.3 Å². The number of nitrogens with zero attached hydrogens (tertiary/aromatic N) is 2. The van der Waals surface area contributed by atoms with Gasteiger partial charge in [-0.3, -0.25) is 4.79 Å². The molecule has 0 atom stereocenters. The second-order valence-electron chi connectivity index (χ2n) is 5.38. The summed E-state index contributed by atoms with van der Waals surface area (Å²) in [4.78, 5) is 13.4. The molecule has 9 heteroatoms. The standard InChI is InChI=1S/C14H20N2O5S2/c1-3-14(17)15-8-10-16(11-9-15)23(20,21)13-6-4-12(5-7-13)22(2,18)19/h4-7H,3,8-11H2,1-2H3. The molecule has 1 aromatic rings. The number of sulfone groups is 1. The third-order valence-corrected chi connectivity index (χ3v) is 6.82. The summed E-state index contributed by atoms with van der Waals surface area (Å²) in [7, 11) is -7.04. The smallest absolute Gasteiger partial charge is 0.243 e. The first-order valence-electron chi connectivity index (χ1n) is 7.24. The lowest BCUT2D eigenvalue weighted by atomic mass is 10.3. The number of carbonyl (C=O) groups excluding carboxylic acids is 1. The van der Waals surface area contributed by atoms with Crippen LogP contribution in [0.2, 0.25) is 0 Å². The van der Waals surface area contributed by atoms with Crippen LogP contribution in [-0.2, 0) is 24.7 Å². The fourth-order valence-electron chi connectivity index (χ4n) is 2.41. The minimum Gasteiger partial charge on any atom is -0.340 e. The highest BCUT2D eigenvalue weighted by Crippen LogP contribution is 2.20. The molecule has 1 amide bonds. The van der Waals surface area contributed by atoms with Crippen molar-refractivity contribution in [3.8, 4) is 0 Å². The van der Waals surface area contributed by atoms with Crippen LogP contribution < -0.4 is 0 Å². The van der Waals surface area contributed by atoms with E-state index in [0.29, 0.717) is 19.5 Å². The maximum atomic E-state index is 12.6. The Morgan fingerprint density at radius 2 is 1.43 bits per heavy atom. The van der Waals surface area contributed by atoms with Crippen LogP contribution in [0.3, 0.4) is 0 Å². The van der Waals surface area contributed by atoms with Crippen molar-refractivity contribution < 1.29 is 21.6 Å². The predicted octanol–water partition coefficient (Wildman–Crippen LogP) is 0.333. The van der Waals surface area contributed by atoms with E-state index in [1.165, 1.54) is 28.6 Å². The summed E-state index contributed by atoms with van der Waals surface area (Å²) in [6.07, 6.45) is 1.47. The van der Waals surface area contributed by atoms with Gasteiger partial charge in [0.25, 0.3) is 0 Å². The number of hydrogen-bond acceptors (Lipinski definition) is 5. The molecule has 7 nitrogen and oxygen atoms in total. The zero-order chi connectivity index (χ0) is 17.3. The van der Waals surface area contributed by atoms with Gasteiger partial charge in [-0.1, -0.05) is 6.92 Å². The number of carbonyl (C=O) groups is 1. The van der Waals surface area contributed by atoms with Gasteiger partial charge in [0.2, 0.25) is 15.9 Å². The summed E-state index contributed by atoms with van der Waals surface area (Å²) in [5, 5.41) is 0. The normalized spacial score (nSPS) is 17.2. The Balaban J connectivity index is 2.15. The molecule has 0 bridgehead atoms. The minimum atomic E-state index is -3.68. The topological polar surface area (TPSA) is 91.8 Å². The maximum absolute atomic E-state index is 12.6. The van der Waals surface area contributed by atoms with Crippen LogP contribution in [0, 0.1) is 0 Å². The molecule has 128 valence electrons. The first-order chi connectivity index (χ1) is 10.7. The monoisotopic (exact) mass is 360 g/mol. The van der Waals surface area contributed by atoms with E-state index in [2.05, 4.69) is 0 Å². The van der Waals surface area contributed by atoms with Crippen LogP contribution in [0.1, 0.15) is 13.3 Å². The number of amides is 1. The van der Waals surface area contributed by atoms with E-state index in [4.69, 9.17) is 0 Å². The Bertz CT molecular complexity index is 777. The second kappa shape index (κ2) is 6.58. The van der Waals surface area contributed by atoms with Crippen molar-refractivity contribution in [1.82, 2.24) is 9.21 Å². The van der Waals surface area contributed by atoms with E-state index in [9.17, 15) is 21.6 Å². The second-order valence-corrected chi connectivity index (χ2v) is 9.34. The van der Waals surface area contributed by atoms with Gasteiger partial charge in [0, 0.05) is 38.9 Å². The maximum Gasteiger partial charge on any atom is 0.243 e. The zero-order valence-corrected chi connectivity index (χ0v) is 14.7. The van der Waals surface area contributed by atoms with Crippen molar-refractivity contribution in [2.75, 3.05) is 32.4 Å². The van der Waals surface area contributed by atoms with E-state index >= 15 is 0 Å². The van der Waals surface area contributed by atoms with Crippen LogP contribution in [0.4, 0.5) is 0 Å². The summed E-state index contributed by atoms with van der Waals surface area (Å²) in [5.41, 5.74) is 0. The number of sulfonamides is 1. The first kappa shape index (κ1) is 17.9. The summed E-state index contributed by atoms with van der Waals surface area (Å²) >= 11 is 0. The molecule has 1 aliphatic heterocycles. The number of hydrogen-bond donors (Lipinski definition) is 0. The third-order valence-electron chi connectivity index (χ3n) is 3.78. The Hall–Kier alpha value is -1.45. The lowest BCUT2D eigenvalue weighted by Crippen LogP contribution is -2.50. The fourth-order valence-corrected chi connectivity index (χ4v) is 4.46. The highest BCUT2D eigenvalue weighted by molar-refractivity contribution is 7.90. The van der Waals surface area contributed by atoms with Gasteiger partial charge in [-0.15, -0.1) is 0 Å². The third kappa shape index (κ3) is 3.91. The summed E-state index contributed by atoms with van der Waals surface area (Å²) < 4.78 is 49.3. The molecule has 1 fully saturated rings. The highest BCUT2D eigenvalue weighted by Gasteiger charge is 2.29. The predicted molar refractivity (Wildman–Crippen MR) is 85.2 cm³/mol. The molecule has 0 spiro atoms. The van der Waals surface area contributed by atoms with Crippen molar-refractivity contribution in [3.05, 3.63) is 24.3 Å². The Kier molecular flexibility index (Phi) is 5.12. The van der Waals surface area contributed by atoms with Crippen molar-refractivity contribution in [1.29, 1.82) is 0 Å². The molecule has 0 aromatic heterocycles. The number of rotatable bonds is 4. The van der Waals surface area contributed by atoms with Gasteiger partial charge in [-0.2, -0.15) is 4.31 Å². The van der Waals surface area contributed by atoms with E-state index < -0.39 is 19.9 Å². The van der Waals surface area contributed by atoms with Gasteiger partial charge in [0.15, 0.2) is 9.84 Å². The largest absolute Gasteiger partial charge is 0.340 e. The van der Waals surface area contributed by atoms with E-state index in [0.717, 1.165) is 6.26 Å². The van der Waals surface area contributed by atoms with Crippen LogP contribution in [0.25, 0.3) is 0 Å². The molecule has 0 unspecified atom stereocenters. The Morgan fingerprint density at radius 1 is 0.957 bits per heavy atom. The average molecular weight is 360 g/mol. The van der Waals surface area contributed by atoms with Gasteiger partial charge in [-0.25, -0.2) is 16.8 Å². The van der Waals surface area contributed by atoms with Crippen LogP contribution in [-0.4, -0.2) is 64.4 Å². The highest BCUT2D eigenvalue weighted by atomic mass is 32.2. The average Bonchev–Trinajstić information content (AvgIpc) is 2.53. The Morgan fingerprint density at radius 3 is 1.87 bits per heavy atom. The molecule has 1 saturated heterocycles. The van der Waals surface area contributed by atoms with E-state index in [1.54, 1.807) is 11.8 Å².